The second-order valence-electron chi connectivity index (χ2n) is 2.64. The highest BCUT2D eigenvalue weighted by Gasteiger charge is 2.15. The van der Waals surface area contributed by atoms with E-state index in [2.05, 4.69) is 5.32 Å². The van der Waals surface area contributed by atoms with Crippen LogP contribution in [-0.4, -0.2) is 46.9 Å². The third-order valence-electron chi connectivity index (χ3n) is 1.46. The van der Waals surface area contributed by atoms with E-state index in [1.807, 2.05) is 6.92 Å². The molecule has 0 radical (unpaired) electrons. The van der Waals surface area contributed by atoms with Gasteiger partial charge in [-0.05, 0) is 13.0 Å². The van der Waals surface area contributed by atoms with Crippen LogP contribution in [0.5, 0.6) is 0 Å². The fourth-order valence-corrected chi connectivity index (χ4v) is 1.59. The first-order valence-corrected chi connectivity index (χ1v) is 5.52. The van der Waals surface area contributed by atoms with E-state index in [0.29, 0.717) is 11.5 Å². The minimum atomic E-state index is -0.820. The number of carboxylic acid groups (broad SMARTS) is 1. The molecule has 0 aromatic heterocycles. The molecule has 0 aromatic rings. The normalized spacial score (nSPS) is 12.8. The van der Waals surface area contributed by atoms with Gasteiger partial charge in [0.15, 0.2) is 0 Å². The van der Waals surface area contributed by atoms with Gasteiger partial charge in [0.25, 0.3) is 0 Å². The second kappa shape index (κ2) is 8.34. The zero-order valence-corrected chi connectivity index (χ0v) is 8.64. The van der Waals surface area contributed by atoms with E-state index >= 15 is 0 Å². The number of carboxylic acids is 1. The molecule has 4 nitrogen and oxygen atoms in total. The van der Waals surface area contributed by atoms with Crippen LogP contribution in [-0.2, 0) is 4.79 Å². The van der Waals surface area contributed by atoms with E-state index in [-0.39, 0.29) is 6.61 Å². The Morgan fingerprint density at radius 1 is 1.62 bits per heavy atom. The zero-order valence-electron chi connectivity index (χ0n) is 7.82. The van der Waals surface area contributed by atoms with E-state index in [9.17, 15) is 4.79 Å². The number of rotatable bonds is 8. The third-order valence-corrected chi connectivity index (χ3v) is 2.50. The molecule has 5 heteroatoms. The summed E-state index contributed by atoms with van der Waals surface area (Å²) in [5.74, 6) is 0.284. The Labute approximate surface area is 82.7 Å². The van der Waals surface area contributed by atoms with Gasteiger partial charge >= 0.3 is 5.97 Å². The highest BCUT2D eigenvalue weighted by Crippen LogP contribution is 2.02. The molecular formula is C8H17NO3S. The lowest BCUT2D eigenvalue weighted by atomic mass is 10.3. The summed E-state index contributed by atoms with van der Waals surface area (Å²) in [6.07, 6.45) is 0.925. The molecule has 0 amide bonds. The van der Waals surface area contributed by atoms with Gasteiger partial charge in [-0.15, -0.1) is 0 Å². The summed E-state index contributed by atoms with van der Waals surface area (Å²) in [4.78, 5) is 10.7. The number of aliphatic hydroxyl groups is 1. The van der Waals surface area contributed by atoms with Crippen LogP contribution in [0.3, 0.4) is 0 Å². The van der Waals surface area contributed by atoms with Crippen LogP contribution in [0.25, 0.3) is 0 Å². The lowest BCUT2D eigenvalue weighted by molar-refractivity contribution is -0.138. The molecule has 0 aliphatic carbocycles. The Bertz CT molecular complexity index is 143. The van der Waals surface area contributed by atoms with Crippen molar-refractivity contribution in [2.75, 3.05) is 24.7 Å². The van der Waals surface area contributed by atoms with Crippen molar-refractivity contribution >= 4 is 17.7 Å². The van der Waals surface area contributed by atoms with Crippen LogP contribution in [0, 0.1) is 0 Å². The summed E-state index contributed by atoms with van der Waals surface area (Å²) in [5.41, 5.74) is 0. The molecule has 0 fully saturated rings. The predicted octanol–water partition coefficient (Wildman–Crippen LogP) is 0.165. The quantitative estimate of drug-likeness (QED) is 0.495. The van der Waals surface area contributed by atoms with E-state index < -0.39 is 12.0 Å². The van der Waals surface area contributed by atoms with Crippen molar-refractivity contribution in [2.45, 2.75) is 19.4 Å². The van der Waals surface area contributed by atoms with Gasteiger partial charge < -0.3 is 15.5 Å². The summed E-state index contributed by atoms with van der Waals surface area (Å²) in [6.45, 7) is 2.81. The number of aliphatic carboxylic acids is 1. The fourth-order valence-electron chi connectivity index (χ4n) is 0.802. The minimum Gasteiger partial charge on any atom is -0.480 e. The Hall–Kier alpha value is -0.260. The van der Waals surface area contributed by atoms with Crippen LogP contribution in [0.2, 0.25) is 0 Å². The molecule has 0 bridgehead atoms. The van der Waals surface area contributed by atoms with Gasteiger partial charge in [0, 0.05) is 11.5 Å². The lowest BCUT2D eigenvalue weighted by Crippen LogP contribution is -2.39. The number of thioether (sulfide) groups is 1. The highest BCUT2D eigenvalue weighted by atomic mass is 32.2. The molecule has 1 unspecified atom stereocenters. The van der Waals surface area contributed by atoms with E-state index in [1.165, 1.54) is 11.8 Å². The van der Waals surface area contributed by atoms with Crippen molar-refractivity contribution in [3.8, 4) is 0 Å². The largest absolute Gasteiger partial charge is 0.480 e. The van der Waals surface area contributed by atoms with Crippen LogP contribution < -0.4 is 5.32 Å². The Morgan fingerprint density at radius 2 is 2.31 bits per heavy atom. The smallest absolute Gasteiger partial charge is 0.321 e. The average molecular weight is 207 g/mol. The monoisotopic (exact) mass is 207 g/mol. The van der Waals surface area contributed by atoms with E-state index in [0.717, 1.165) is 13.0 Å². The SMILES string of the molecule is CCCNC(CSCCO)C(=O)O. The van der Waals surface area contributed by atoms with E-state index in [1.54, 1.807) is 0 Å². The molecule has 0 saturated carbocycles. The molecule has 0 heterocycles. The molecule has 3 N–H and O–H groups in total. The molecule has 78 valence electrons. The Balaban J connectivity index is 3.61. The van der Waals surface area contributed by atoms with Crippen molar-refractivity contribution in [1.29, 1.82) is 0 Å². The van der Waals surface area contributed by atoms with Gasteiger partial charge in [-0.25, -0.2) is 0 Å². The topological polar surface area (TPSA) is 69.6 Å². The molecule has 0 saturated heterocycles. The van der Waals surface area contributed by atoms with Crippen molar-refractivity contribution in [1.82, 2.24) is 5.32 Å². The number of hydrogen-bond acceptors (Lipinski definition) is 4. The van der Waals surface area contributed by atoms with Gasteiger partial charge in [-0.3, -0.25) is 4.79 Å². The number of hydrogen-bond donors (Lipinski definition) is 3. The number of carbonyl (C=O) groups is 1. The molecule has 0 rings (SSSR count). The zero-order chi connectivity index (χ0) is 10.1. The maximum atomic E-state index is 10.7. The molecule has 1 atom stereocenters. The summed E-state index contributed by atoms with van der Waals surface area (Å²) < 4.78 is 0. The third kappa shape index (κ3) is 6.86. The van der Waals surface area contributed by atoms with Crippen molar-refractivity contribution in [3.05, 3.63) is 0 Å². The Kier molecular flexibility index (Phi) is 8.18. The van der Waals surface area contributed by atoms with Crippen LogP contribution in [0.4, 0.5) is 0 Å². The van der Waals surface area contributed by atoms with Gasteiger partial charge in [-0.2, -0.15) is 11.8 Å². The molecule has 0 spiro atoms. The first kappa shape index (κ1) is 12.7. The standard InChI is InChI=1S/C8H17NO3S/c1-2-3-9-7(8(11)12)6-13-5-4-10/h7,9-10H,2-6H2,1H3,(H,11,12). The molecule has 0 aliphatic heterocycles. The fraction of sp³-hybridized carbons (Fsp3) is 0.875. The molecule has 0 aliphatic rings. The van der Waals surface area contributed by atoms with Crippen molar-refractivity contribution < 1.29 is 15.0 Å². The first-order chi connectivity index (χ1) is 6.22. The summed E-state index contributed by atoms with van der Waals surface area (Å²) in [5, 5.41) is 20.2. The summed E-state index contributed by atoms with van der Waals surface area (Å²) in [6, 6.07) is -0.489. The second-order valence-corrected chi connectivity index (χ2v) is 3.79. The van der Waals surface area contributed by atoms with Gasteiger partial charge in [0.05, 0.1) is 6.61 Å². The minimum absolute atomic E-state index is 0.102. The van der Waals surface area contributed by atoms with Crippen LogP contribution in [0.15, 0.2) is 0 Å². The number of aliphatic hydroxyl groups excluding tert-OH is 1. The van der Waals surface area contributed by atoms with Crippen LogP contribution >= 0.6 is 11.8 Å². The molecular weight excluding hydrogens is 190 g/mol. The predicted molar refractivity (Wildman–Crippen MR) is 54.1 cm³/mol. The average Bonchev–Trinajstić information content (AvgIpc) is 2.10. The highest BCUT2D eigenvalue weighted by molar-refractivity contribution is 7.99. The first-order valence-electron chi connectivity index (χ1n) is 4.37. The van der Waals surface area contributed by atoms with Gasteiger partial charge in [0.2, 0.25) is 0 Å². The van der Waals surface area contributed by atoms with Gasteiger partial charge in [-0.1, -0.05) is 6.92 Å². The molecule has 0 aromatic carbocycles. The van der Waals surface area contributed by atoms with Crippen molar-refractivity contribution in [2.24, 2.45) is 0 Å². The number of nitrogens with one attached hydrogen (secondary N) is 1. The summed E-state index contributed by atoms with van der Waals surface area (Å²) in [7, 11) is 0. The van der Waals surface area contributed by atoms with Crippen LogP contribution in [0.1, 0.15) is 13.3 Å². The lowest BCUT2D eigenvalue weighted by Gasteiger charge is -2.12. The maximum Gasteiger partial charge on any atom is 0.321 e. The molecule has 13 heavy (non-hydrogen) atoms. The summed E-state index contributed by atoms with van der Waals surface area (Å²) >= 11 is 1.45. The van der Waals surface area contributed by atoms with Crippen molar-refractivity contribution in [3.63, 3.8) is 0 Å². The Morgan fingerprint density at radius 3 is 2.77 bits per heavy atom. The maximum absolute atomic E-state index is 10.7. The van der Waals surface area contributed by atoms with E-state index in [4.69, 9.17) is 10.2 Å². The van der Waals surface area contributed by atoms with Gasteiger partial charge in [0.1, 0.15) is 6.04 Å².